The first-order valence-corrected chi connectivity index (χ1v) is 6.61. The average molecular weight is 250 g/mol. The SMILES string of the molecule is CCc1ccc(N2CC[C@@H](O)[C@@H](COC)C2)cn1. The van der Waals surface area contributed by atoms with Crippen LogP contribution in [0.4, 0.5) is 5.69 Å². The van der Waals surface area contributed by atoms with Gasteiger partial charge in [-0.25, -0.2) is 0 Å². The Hall–Kier alpha value is -1.13. The van der Waals surface area contributed by atoms with Crippen LogP contribution in [-0.2, 0) is 11.2 Å². The number of methoxy groups -OCH3 is 1. The maximum Gasteiger partial charge on any atom is 0.0624 e. The van der Waals surface area contributed by atoms with Gasteiger partial charge in [-0.1, -0.05) is 6.92 Å². The molecular formula is C14H22N2O2. The Labute approximate surface area is 109 Å². The molecule has 1 aliphatic heterocycles. The number of aromatic nitrogens is 1. The lowest BCUT2D eigenvalue weighted by molar-refractivity contribution is 0.0359. The van der Waals surface area contributed by atoms with Crippen LogP contribution in [0, 0.1) is 5.92 Å². The van der Waals surface area contributed by atoms with E-state index >= 15 is 0 Å². The van der Waals surface area contributed by atoms with Gasteiger partial charge in [0.25, 0.3) is 0 Å². The van der Waals surface area contributed by atoms with Crippen LogP contribution in [0.2, 0.25) is 0 Å². The van der Waals surface area contributed by atoms with Gasteiger partial charge >= 0.3 is 0 Å². The first-order valence-electron chi connectivity index (χ1n) is 6.61. The topological polar surface area (TPSA) is 45.6 Å². The fourth-order valence-electron chi connectivity index (χ4n) is 2.45. The third-order valence-electron chi connectivity index (χ3n) is 3.61. The van der Waals surface area contributed by atoms with Gasteiger partial charge in [-0.05, 0) is 25.0 Å². The van der Waals surface area contributed by atoms with Gasteiger partial charge in [0.15, 0.2) is 0 Å². The molecule has 1 aromatic heterocycles. The number of pyridine rings is 1. The van der Waals surface area contributed by atoms with Gasteiger partial charge in [0.05, 0.1) is 24.6 Å². The van der Waals surface area contributed by atoms with Crippen molar-refractivity contribution in [2.45, 2.75) is 25.9 Å². The number of rotatable bonds is 4. The molecular weight excluding hydrogens is 228 g/mol. The lowest BCUT2D eigenvalue weighted by Gasteiger charge is -2.37. The Balaban J connectivity index is 2.03. The van der Waals surface area contributed by atoms with E-state index < -0.39 is 0 Å². The number of ether oxygens (including phenoxy) is 1. The minimum absolute atomic E-state index is 0.189. The number of hydrogen-bond acceptors (Lipinski definition) is 4. The monoisotopic (exact) mass is 250 g/mol. The largest absolute Gasteiger partial charge is 0.393 e. The van der Waals surface area contributed by atoms with E-state index in [1.807, 2.05) is 6.20 Å². The summed E-state index contributed by atoms with van der Waals surface area (Å²) in [6.45, 7) is 4.43. The molecule has 1 aromatic rings. The molecule has 0 bridgehead atoms. The Bertz CT molecular complexity index is 367. The number of nitrogens with zero attached hydrogens (tertiary/aromatic N) is 2. The standard InChI is InChI=1S/C14H22N2O2/c1-3-12-4-5-13(8-15-12)16-7-6-14(17)11(9-16)10-18-2/h4-5,8,11,14,17H,3,6-7,9-10H2,1-2H3/t11-,14-/m1/s1. The summed E-state index contributed by atoms with van der Waals surface area (Å²) in [6.07, 6.45) is 3.44. The first-order chi connectivity index (χ1) is 8.74. The van der Waals surface area contributed by atoms with E-state index in [1.54, 1.807) is 7.11 Å². The highest BCUT2D eigenvalue weighted by molar-refractivity contribution is 5.45. The van der Waals surface area contributed by atoms with Crippen molar-refractivity contribution in [3.8, 4) is 0 Å². The normalized spacial score (nSPS) is 24.3. The van der Waals surface area contributed by atoms with Gasteiger partial charge in [-0.3, -0.25) is 4.98 Å². The summed E-state index contributed by atoms with van der Waals surface area (Å²) < 4.78 is 5.17. The van der Waals surface area contributed by atoms with Gasteiger partial charge in [0, 0.05) is 31.8 Å². The van der Waals surface area contributed by atoms with Gasteiger partial charge in [-0.2, -0.15) is 0 Å². The van der Waals surface area contributed by atoms with E-state index in [2.05, 4.69) is 28.9 Å². The summed E-state index contributed by atoms with van der Waals surface area (Å²) in [5.41, 5.74) is 2.25. The highest BCUT2D eigenvalue weighted by atomic mass is 16.5. The number of aryl methyl sites for hydroxylation is 1. The lowest BCUT2D eigenvalue weighted by atomic mass is 9.95. The van der Waals surface area contributed by atoms with Crippen LogP contribution in [0.3, 0.4) is 0 Å². The Morgan fingerprint density at radius 2 is 2.33 bits per heavy atom. The second-order valence-corrected chi connectivity index (χ2v) is 4.88. The minimum atomic E-state index is -0.246. The fourth-order valence-corrected chi connectivity index (χ4v) is 2.45. The summed E-state index contributed by atoms with van der Waals surface area (Å²) in [7, 11) is 1.68. The van der Waals surface area contributed by atoms with Crippen LogP contribution >= 0.6 is 0 Å². The van der Waals surface area contributed by atoms with E-state index in [-0.39, 0.29) is 12.0 Å². The van der Waals surface area contributed by atoms with Crippen LogP contribution in [0.5, 0.6) is 0 Å². The second-order valence-electron chi connectivity index (χ2n) is 4.88. The zero-order chi connectivity index (χ0) is 13.0. The molecule has 100 valence electrons. The molecule has 1 fully saturated rings. The quantitative estimate of drug-likeness (QED) is 0.879. The zero-order valence-corrected chi connectivity index (χ0v) is 11.2. The molecule has 0 radical (unpaired) electrons. The molecule has 4 heteroatoms. The number of piperidine rings is 1. The van der Waals surface area contributed by atoms with Crippen LogP contribution < -0.4 is 4.90 Å². The number of aliphatic hydroxyl groups excluding tert-OH is 1. The maximum absolute atomic E-state index is 9.92. The van der Waals surface area contributed by atoms with E-state index in [4.69, 9.17) is 4.74 Å². The van der Waals surface area contributed by atoms with Crippen molar-refractivity contribution in [2.75, 3.05) is 31.7 Å². The van der Waals surface area contributed by atoms with E-state index in [0.717, 1.165) is 37.3 Å². The molecule has 0 unspecified atom stereocenters. The summed E-state index contributed by atoms with van der Waals surface area (Å²) in [4.78, 5) is 6.71. The van der Waals surface area contributed by atoms with Gasteiger partial charge < -0.3 is 14.7 Å². The van der Waals surface area contributed by atoms with Crippen LogP contribution in [0.25, 0.3) is 0 Å². The number of aliphatic hydroxyl groups is 1. The molecule has 0 spiro atoms. The van der Waals surface area contributed by atoms with Crippen LogP contribution in [0.1, 0.15) is 19.0 Å². The molecule has 2 rings (SSSR count). The molecule has 2 atom stereocenters. The molecule has 1 N–H and O–H groups in total. The van der Waals surface area contributed by atoms with Gasteiger partial charge in [0.2, 0.25) is 0 Å². The summed E-state index contributed by atoms with van der Waals surface area (Å²) in [6, 6.07) is 4.19. The minimum Gasteiger partial charge on any atom is -0.393 e. The summed E-state index contributed by atoms with van der Waals surface area (Å²) in [5, 5.41) is 9.92. The lowest BCUT2D eigenvalue weighted by Crippen LogP contribution is -2.45. The Morgan fingerprint density at radius 3 is 2.94 bits per heavy atom. The van der Waals surface area contributed by atoms with Crippen LogP contribution in [-0.4, -0.2) is 43.0 Å². The highest BCUT2D eigenvalue weighted by Crippen LogP contribution is 2.23. The molecule has 1 aliphatic rings. The van der Waals surface area contributed by atoms with Crippen molar-refractivity contribution >= 4 is 5.69 Å². The third-order valence-corrected chi connectivity index (χ3v) is 3.61. The smallest absolute Gasteiger partial charge is 0.0624 e. The molecule has 0 aromatic carbocycles. The van der Waals surface area contributed by atoms with Crippen molar-refractivity contribution in [1.29, 1.82) is 0 Å². The van der Waals surface area contributed by atoms with E-state index in [1.165, 1.54) is 0 Å². The number of anilines is 1. The molecule has 0 aliphatic carbocycles. The molecule has 18 heavy (non-hydrogen) atoms. The molecule has 0 saturated carbocycles. The predicted octanol–water partition coefficient (Wildman–Crippen LogP) is 1.48. The third kappa shape index (κ3) is 3.00. The fraction of sp³-hybridized carbons (Fsp3) is 0.643. The second kappa shape index (κ2) is 6.16. The van der Waals surface area contributed by atoms with Crippen LogP contribution in [0.15, 0.2) is 18.3 Å². The van der Waals surface area contributed by atoms with Gasteiger partial charge in [0.1, 0.15) is 0 Å². The zero-order valence-electron chi connectivity index (χ0n) is 11.2. The van der Waals surface area contributed by atoms with Crippen molar-refractivity contribution in [3.05, 3.63) is 24.0 Å². The number of hydrogen-bond donors (Lipinski definition) is 1. The molecule has 1 saturated heterocycles. The molecule has 4 nitrogen and oxygen atoms in total. The van der Waals surface area contributed by atoms with Crippen molar-refractivity contribution in [3.63, 3.8) is 0 Å². The summed E-state index contributed by atoms with van der Waals surface area (Å²) in [5.74, 6) is 0.189. The highest BCUT2D eigenvalue weighted by Gasteiger charge is 2.27. The van der Waals surface area contributed by atoms with Crippen molar-refractivity contribution < 1.29 is 9.84 Å². The van der Waals surface area contributed by atoms with Gasteiger partial charge in [-0.15, -0.1) is 0 Å². The average Bonchev–Trinajstić information content (AvgIpc) is 2.42. The van der Waals surface area contributed by atoms with E-state index in [9.17, 15) is 5.11 Å². The Morgan fingerprint density at radius 1 is 1.50 bits per heavy atom. The first kappa shape index (κ1) is 13.3. The Kier molecular flexibility index (Phi) is 4.55. The van der Waals surface area contributed by atoms with Crippen molar-refractivity contribution in [2.24, 2.45) is 5.92 Å². The molecule has 2 heterocycles. The molecule has 0 amide bonds. The summed E-state index contributed by atoms with van der Waals surface area (Å²) >= 11 is 0. The maximum atomic E-state index is 9.92. The predicted molar refractivity (Wildman–Crippen MR) is 71.8 cm³/mol. The van der Waals surface area contributed by atoms with Crippen molar-refractivity contribution in [1.82, 2.24) is 4.98 Å². The van der Waals surface area contributed by atoms with E-state index in [0.29, 0.717) is 6.61 Å².